The molecule has 0 saturated carbocycles. The van der Waals surface area contributed by atoms with Crippen LogP contribution in [0, 0.1) is 6.92 Å². The van der Waals surface area contributed by atoms with Gasteiger partial charge in [0, 0.05) is 6.07 Å². The number of benzene rings is 1. The van der Waals surface area contributed by atoms with E-state index in [0.29, 0.717) is 6.61 Å². The van der Waals surface area contributed by atoms with Crippen molar-refractivity contribution in [2.75, 3.05) is 13.2 Å². The van der Waals surface area contributed by atoms with E-state index in [2.05, 4.69) is 13.8 Å². The highest BCUT2D eigenvalue weighted by Crippen LogP contribution is 2.19. The second-order valence-electron chi connectivity index (χ2n) is 3.73. The van der Waals surface area contributed by atoms with Crippen LogP contribution in [0.4, 0.5) is 0 Å². The molecule has 1 rings (SSSR count). The van der Waals surface area contributed by atoms with E-state index in [1.165, 1.54) is 12.8 Å². The van der Waals surface area contributed by atoms with Crippen LogP contribution < -0.4 is 9.47 Å². The number of ether oxygens (including phenoxy) is 2. The molecule has 0 aliphatic rings. The summed E-state index contributed by atoms with van der Waals surface area (Å²) in [7, 11) is 0. The van der Waals surface area contributed by atoms with Crippen molar-refractivity contribution in [1.82, 2.24) is 0 Å². The SMILES string of the molecule is [CH2]CCOc1cccc(OCCCCC)c1. The van der Waals surface area contributed by atoms with Crippen LogP contribution in [-0.2, 0) is 0 Å². The van der Waals surface area contributed by atoms with Crippen LogP contribution in [0.25, 0.3) is 0 Å². The van der Waals surface area contributed by atoms with E-state index in [9.17, 15) is 0 Å². The second-order valence-corrected chi connectivity index (χ2v) is 3.73. The summed E-state index contributed by atoms with van der Waals surface area (Å²) in [4.78, 5) is 0. The summed E-state index contributed by atoms with van der Waals surface area (Å²) in [6.07, 6.45) is 4.33. The van der Waals surface area contributed by atoms with Crippen molar-refractivity contribution in [3.8, 4) is 11.5 Å². The highest BCUT2D eigenvalue weighted by molar-refractivity contribution is 5.32. The van der Waals surface area contributed by atoms with Crippen molar-refractivity contribution in [2.24, 2.45) is 0 Å². The van der Waals surface area contributed by atoms with Gasteiger partial charge in [-0.1, -0.05) is 25.8 Å². The zero-order valence-electron chi connectivity index (χ0n) is 10.1. The molecule has 89 valence electrons. The molecule has 0 aliphatic heterocycles. The molecule has 0 atom stereocenters. The van der Waals surface area contributed by atoms with E-state index in [1.807, 2.05) is 24.3 Å². The monoisotopic (exact) mass is 221 g/mol. The molecular weight excluding hydrogens is 200 g/mol. The Bertz CT molecular complexity index is 284. The van der Waals surface area contributed by atoms with Crippen LogP contribution >= 0.6 is 0 Å². The fourth-order valence-electron chi connectivity index (χ4n) is 1.39. The van der Waals surface area contributed by atoms with Gasteiger partial charge in [-0.3, -0.25) is 0 Å². The molecule has 0 saturated heterocycles. The Morgan fingerprint density at radius 2 is 1.75 bits per heavy atom. The molecule has 0 fully saturated rings. The molecule has 0 heterocycles. The fourth-order valence-corrected chi connectivity index (χ4v) is 1.39. The molecule has 0 aliphatic carbocycles. The number of hydrogen-bond donors (Lipinski definition) is 0. The van der Waals surface area contributed by atoms with Crippen LogP contribution in [0.5, 0.6) is 11.5 Å². The molecule has 1 radical (unpaired) electrons. The Balaban J connectivity index is 2.35. The molecule has 16 heavy (non-hydrogen) atoms. The van der Waals surface area contributed by atoms with E-state index < -0.39 is 0 Å². The number of rotatable bonds is 8. The lowest BCUT2D eigenvalue weighted by Crippen LogP contribution is -1.98. The van der Waals surface area contributed by atoms with Crippen molar-refractivity contribution >= 4 is 0 Å². The lowest BCUT2D eigenvalue weighted by molar-refractivity contribution is 0.297. The maximum Gasteiger partial charge on any atom is 0.122 e. The van der Waals surface area contributed by atoms with Crippen LogP contribution in [0.1, 0.15) is 32.6 Å². The average Bonchev–Trinajstić information content (AvgIpc) is 2.33. The minimum absolute atomic E-state index is 0.652. The summed E-state index contributed by atoms with van der Waals surface area (Å²) >= 11 is 0. The maximum absolute atomic E-state index is 5.63. The fraction of sp³-hybridized carbons (Fsp3) is 0.500. The topological polar surface area (TPSA) is 18.5 Å². The predicted molar refractivity (Wildman–Crippen MR) is 66.9 cm³/mol. The minimum atomic E-state index is 0.652. The first-order chi connectivity index (χ1) is 7.86. The quantitative estimate of drug-likeness (QED) is 0.621. The predicted octanol–water partition coefficient (Wildman–Crippen LogP) is 3.86. The summed E-state index contributed by atoms with van der Waals surface area (Å²) in [5.41, 5.74) is 0. The molecule has 0 unspecified atom stereocenters. The van der Waals surface area contributed by atoms with Gasteiger partial charge in [0.05, 0.1) is 13.2 Å². The average molecular weight is 221 g/mol. The Hall–Kier alpha value is -1.18. The summed E-state index contributed by atoms with van der Waals surface area (Å²) < 4.78 is 11.1. The van der Waals surface area contributed by atoms with Gasteiger partial charge in [-0.15, -0.1) is 0 Å². The Kier molecular flexibility index (Phi) is 6.47. The summed E-state index contributed by atoms with van der Waals surface area (Å²) in [5.74, 6) is 1.74. The smallest absolute Gasteiger partial charge is 0.122 e. The van der Waals surface area contributed by atoms with E-state index in [-0.39, 0.29) is 0 Å². The highest BCUT2D eigenvalue weighted by Gasteiger charge is 1.97. The molecule has 2 nitrogen and oxygen atoms in total. The Morgan fingerprint density at radius 1 is 1.06 bits per heavy atom. The van der Waals surface area contributed by atoms with Gasteiger partial charge in [-0.05, 0) is 31.9 Å². The standard InChI is InChI=1S/C14H21O2/c1-3-5-6-11-16-14-9-7-8-13(12-14)15-10-4-2/h7-9,12H,2-6,10-11H2,1H3. The molecular formula is C14H21O2. The van der Waals surface area contributed by atoms with Crippen molar-refractivity contribution < 1.29 is 9.47 Å². The molecule has 2 heteroatoms. The van der Waals surface area contributed by atoms with Gasteiger partial charge in [0.1, 0.15) is 11.5 Å². The largest absolute Gasteiger partial charge is 0.493 e. The summed E-state index contributed by atoms with van der Waals surface area (Å²) in [5, 5.41) is 0. The van der Waals surface area contributed by atoms with E-state index in [4.69, 9.17) is 9.47 Å². The first-order valence-electron chi connectivity index (χ1n) is 6.01. The first-order valence-corrected chi connectivity index (χ1v) is 6.01. The molecule has 1 aromatic carbocycles. The second kappa shape index (κ2) is 8.03. The molecule has 1 aromatic rings. The zero-order valence-corrected chi connectivity index (χ0v) is 10.1. The van der Waals surface area contributed by atoms with E-state index in [0.717, 1.165) is 30.9 Å². The Morgan fingerprint density at radius 3 is 2.38 bits per heavy atom. The van der Waals surface area contributed by atoms with Gasteiger partial charge in [0.25, 0.3) is 0 Å². The van der Waals surface area contributed by atoms with Crippen LogP contribution in [-0.4, -0.2) is 13.2 Å². The molecule has 0 amide bonds. The molecule has 0 bridgehead atoms. The van der Waals surface area contributed by atoms with Crippen molar-refractivity contribution in [1.29, 1.82) is 0 Å². The van der Waals surface area contributed by atoms with Gasteiger partial charge in [-0.2, -0.15) is 0 Å². The van der Waals surface area contributed by atoms with Gasteiger partial charge >= 0.3 is 0 Å². The van der Waals surface area contributed by atoms with Gasteiger partial charge in [-0.25, -0.2) is 0 Å². The third-order valence-electron chi connectivity index (χ3n) is 2.24. The minimum Gasteiger partial charge on any atom is -0.493 e. The molecule has 0 N–H and O–H groups in total. The highest BCUT2D eigenvalue weighted by atomic mass is 16.5. The van der Waals surface area contributed by atoms with Gasteiger partial charge in [0.2, 0.25) is 0 Å². The van der Waals surface area contributed by atoms with Crippen LogP contribution in [0.3, 0.4) is 0 Å². The zero-order chi connectivity index (χ0) is 11.6. The number of unbranched alkanes of at least 4 members (excludes halogenated alkanes) is 2. The molecule has 0 spiro atoms. The van der Waals surface area contributed by atoms with Gasteiger partial charge in [0.15, 0.2) is 0 Å². The van der Waals surface area contributed by atoms with E-state index >= 15 is 0 Å². The molecule has 0 aromatic heterocycles. The summed E-state index contributed by atoms with van der Waals surface area (Å²) in [6, 6.07) is 7.78. The van der Waals surface area contributed by atoms with Crippen LogP contribution in [0.2, 0.25) is 0 Å². The first kappa shape index (κ1) is 12.9. The normalized spacial score (nSPS) is 10.1. The lowest BCUT2D eigenvalue weighted by atomic mass is 10.3. The van der Waals surface area contributed by atoms with E-state index in [1.54, 1.807) is 0 Å². The van der Waals surface area contributed by atoms with Gasteiger partial charge < -0.3 is 9.47 Å². The number of hydrogen-bond acceptors (Lipinski definition) is 2. The third-order valence-corrected chi connectivity index (χ3v) is 2.24. The Labute approximate surface area is 98.6 Å². The summed E-state index contributed by atoms with van der Waals surface area (Å²) in [6.45, 7) is 7.36. The lowest BCUT2D eigenvalue weighted by Gasteiger charge is -2.08. The third kappa shape index (κ3) is 5.06. The van der Waals surface area contributed by atoms with Crippen LogP contribution in [0.15, 0.2) is 24.3 Å². The van der Waals surface area contributed by atoms with Crippen molar-refractivity contribution in [2.45, 2.75) is 32.6 Å². The van der Waals surface area contributed by atoms with Crippen molar-refractivity contribution in [3.05, 3.63) is 31.2 Å². The maximum atomic E-state index is 5.63. The van der Waals surface area contributed by atoms with Crippen molar-refractivity contribution in [3.63, 3.8) is 0 Å².